The summed E-state index contributed by atoms with van der Waals surface area (Å²) in [6, 6.07) is 16.1. The second-order valence-corrected chi connectivity index (χ2v) is 9.10. The van der Waals surface area contributed by atoms with Crippen LogP contribution in [-0.2, 0) is 29.0 Å². The van der Waals surface area contributed by atoms with Crippen molar-refractivity contribution in [1.29, 1.82) is 0 Å². The second-order valence-electron chi connectivity index (χ2n) is 9.10. The number of nitrogens with one attached hydrogen (secondary N) is 1. The van der Waals surface area contributed by atoms with Crippen LogP contribution in [0.25, 0.3) is 22.0 Å². The van der Waals surface area contributed by atoms with Crippen LogP contribution in [0.4, 0.5) is 0 Å². The van der Waals surface area contributed by atoms with Gasteiger partial charge in [0, 0.05) is 35.4 Å². The molecule has 0 radical (unpaired) electrons. The van der Waals surface area contributed by atoms with Crippen molar-refractivity contribution < 1.29 is 19.0 Å². The fraction of sp³-hybridized carbons (Fsp3) is 0.400. The summed E-state index contributed by atoms with van der Waals surface area (Å²) >= 11 is 0. The van der Waals surface area contributed by atoms with E-state index in [1.165, 1.54) is 0 Å². The SMILES string of the molecule is C.CCOC(=O)c1c(CCCOc2ccccc2)c2cccc3c2n1CCCCOCc1n[nH]c(C)c1-3. The first-order chi connectivity index (χ1) is 17.7. The van der Waals surface area contributed by atoms with Gasteiger partial charge in [-0.05, 0) is 57.2 Å². The Morgan fingerprint density at radius 3 is 2.78 bits per heavy atom. The standard InChI is InChI=1S/C29H33N3O4.CH4/c1-3-35-29(33)28-23(15-10-18-36-21-11-5-4-6-12-21)22-13-9-14-24-26-20(2)30-31-25(26)19-34-17-8-7-16-32(28)27(22)24;/h4-6,9,11-14H,3,7-8,10,15-19H2,1-2H3,(H,30,31);1H4. The van der Waals surface area contributed by atoms with Crippen LogP contribution < -0.4 is 4.74 Å². The Morgan fingerprint density at radius 1 is 1.14 bits per heavy atom. The van der Waals surface area contributed by atoms with Crippen molar-refractivity contribution >= 4 is 16.9 Å². The molecule has 4 aromatic rings. The van der Waals surface area contributed by atoms with E-state index in [2.05, 4.69) is 33.0 Å². The molecule has 1 aliphatic heterocycles. The Morgan fingerprint density at radius 2 is 1.97 bits per heavy atom. The summed E-state index contributed by atoms with van der Waals surface area (Å²) in [4.78, 5) is 13.4. The molecule has 2 aromatic carbocycles. The van der Waals surface area contributed by atoms with Crippen molar-refractivity contribution in [2.45, 2.75) is 60.1 Å². The molecular formula is C30H37N3O4. The highest BCUT2D eigenvalue weighted by atomic mass is 16.5. The summed E-state index contributed by atoms with van der Waals surface area (Å²) in [5.41, 5.74) is 6.74. The van der Waals surface area contributed by atoms with E-state index in [1.54, 1.807) is 0 Å². The van der Waals surface area contributed by atoms with Crippen molar-refractivity contribution in [1.82, 2.24) is 14.8 Å². The Balaban J connectivity index is 0.00000320. The van der Waals surface area contributed by atoms with Gasteiger partial charge in [0.1, 0.15) is 11.4 Å². The average Bonchev–Trinajstić information content (AvgIpc) is 3.40. The third-order valence-electron chi connectivity index (χ3n) is 6.69. The van der Waals surface area contributed by atoms with Crippen LogP contribution in [0, 0.1) is 6.92 Å². The van der Waals surface area contributed by atoms with Crippen LogP contribution in [-0.4, -0.2) is 40.6 Å². The molecule has 7 nitrogen and oxygen atoms in total. The maximum atomic E-state index is 13.4. The van der Waals surface area contributed by atoms with Crippen LogP contribution in [0.15, 0.2) is 48.5 Å². The molecule has 0 spiro atoms. The van der Waals surface area contributed by atoms with E-state index in [4.69, 9.17) is 14.2 Å². The number of H-pyrrole nitrogens is 1. The highest BCUT2D eigenvalue weighted by Crippen LogP contribution is 2.38. The maximum absolute atomic E-state index is 13.4. The molecule has 0 fully saturated rings. The van der Waals surface area contributed by atoms with E-state index in [0.29, 0.717) is 38.5 Å². The number of aryl methyl sites for hydroxylation is 3. The average molecular weight is 504 g/mol. The minimum atomic E-state index is -0.270. The fourth-order valence-electron chi connectivity index (χ4n) is 5.13. The molecule has 7 heteroatoms. The normalized spacial score (nSPS) is 13.4. The Labute approximate surface area is 218 Å². The summed E-state index contributed by atoms with van der Waals surface area (Å²) in [6.45, 7) is 6.63. The van der Waals surface area contributed by atoms with Gasteiger partial charge in [0.2, 0.25) is 0 Å². The molecule has 0 bridgehead atoms. The number of esters is 1. The quantitative estimate of drug-likeness (QED) is 0.231. The molecule has 1 aliphatic rings. The highest BCUT2D eigenvalue weighted by molar-refractivity contribution is 6.04. The monoisotopic (exact) mass is 503 g/mol. The van der Waals surface area contributed by atoms with E-state index >= 15 is 0 Å². The lowest BCUT2D eigenvalue weighted by Crippen LogP contribution is -2.15. The summed E-state index contributed by atoms with van der Waals surface area (Å²) in [7, 11) is 0. The number of para-hydroxylation sites is 2. The lowest BCUT2D eigenvalue weighted by Gasteiger charge is -2.13. The number of aromatic amines is 1. The molecule has 2 aromatic heterocycles. The number of nitrogens with zero attached hydrogens (tertiary/aromatic N) is 2. The van der Waals surface area contributed by atoms with E-state index in [9.17, 15) is 4.79 Å². The van der Waals surface area contributed by atoms with E-state index < -0.39 is 0 Å². The van der Waals surface area contributed by atoms with Gasteiger partial charge in [0.25, 0.3) is 0 Å². The fourth-order valence-corrected chi connectivity index (χ4v) is 5.13. The van der Waals surface area contributed by atoms with Crippen molar-refractivity contribution in [2.75, 3.05) is 19.8 Å². The van der Waals surface area contributed by atoms with Gasteiger partial charge in [-0.2, -0.15) is 5.10 Å². The number of hydrogen-bond acceptors (Lipinski definition) is 5. The van der Waals surface area contributed by atoms with Gasteiger partial charge in [-0.1, -0.05) is 43.8 Å². The molecule has 3 heterocycles. The number of carbonyl (C=O) groups is 1. The Hall–Kier alpha value is -3.58. The number of ether oxygens (including phenoxy) is 3. The van der Waals surface area contributed by atoms with Crippen LogP contribution in [0.2, 0.25) is 0 Å². The van der Waals surface area contributed by atoms with Gasteiger partial charge in [-0.3, -0.25) is 5.10 Å². The minimum Gasteiger partial charge on any atom is -0.494 e. The third kappa shape index (κ3) is 5.42. The van der Waals surface area contributed by atoms with Gasteiger partial charge in [-0.25, -0.2) is 4.79 Å². The van der Waals surface area contributed by atoms with Crippen LogP contribution in [0.3, 0.4) is 0 Å². The summed E-state index contributed by atoms with van der Waals surface area (Å²) < 4.78 is 19.6. The molecule has 37 heavy (non-hydrogen) atoms. The molecule has 0 unspecified atom stereocenters. The number of benzene rings is 2. The van der Waals surface area contributed by atoms with Gasteiger partial charge in [0.05, 0.1) is 31.0 Å². The Bertz CT molecular complexity index is 1340. The predicted octanol–water partition coefficient (Wildman–Crippen LogP) is 6.47. The first-order valence-corrected chi connectivity index (χ1v) is 12.8. The number of aromatic nitrogens is 3. The zero-order valence-electron chi connectivity index (χ0n) is 21.0. The molecule has 1 N–H and O–H groups in total. The number of rotatable bonds is 7. The zero-order chi connectivity index (χ0) is 24.9. The van der Waals surface area contributed by atoms with E-state index in [0.717, 1.165) is 70.5 Å². The topological polar surface area (TPSA) is 78.4 Å². The zero-order valence-corrected chi connectivity index (χ0v) is 21.0. The summed E-state index contributed by atoms with van der Waals surface area (Å²) in [5.74, 6) is 0.585. The van der Waals surface area contributed by atoms with Crippen molar-refractivity contribution in [3.63, 3.8) is 0 Å². The molecule has 5 rings (SSSR count). The van der Waals surface area contributed by atoms with E-state index in [1.807, 2.05) is 44.2 Å². The Kier molecular flexibility index (Phi) is 8.66. The van der Waals surface area contributed by atoms with Crippen LogP contribution >= 0.6 is 0 Å². The van der Waals surface area contributed by atoms with E-state index in [-0.39, 0.29) is 13.4 Å². The number of carbonyl (C=O) groups excluding carboxylic acids is 1. The van der Waals surface area contributed by atoms with Crippen molar-refractivity contribution in [3.8, 4) is 16.9 Å². The first-order valence-electron chi connectivity index (χ1n) is 12.8. The number of fused-ring (bicyclic) bond motifs is 2. The smallest absolute Gasteiger partial charge is 0.355 e. The molecule has 0 saturated carbocycles. The molecular weight excluding hydrogens is 466 g/mol. The molecule has 0 aliphatic carbocycles. The minimum absolute atomic E-state index is 0. The summed E-state index contributed by atoms with van der Waals surface area (Å²) in [5, 5.41) is 8.76. The molecule has 0 saturated heterocycles. The van der Waals surface area contributed by atoms with Gasteiger partial charge >= 0.3 is 5.97 Å². The van der Waals surface area contributed by atoms with Crippen LogP contribution in [0.1, 0.15) is 61.1 Å². The van der Waals surface area contributed by atoms with Crippen molar-refractivity contribution in [2.24, 2.45) is 0 Å². The second kappa shape index (κ2) is 12.1. The maximum Gasteiger partial charge on any atom is 0.355 e. The lowest BCUT2D eigenvalue weighted by molar-refractivity contribution is 0.0512. The van der Waals surface area contributed by atoms with Gasteiger partial charge in [-0.15, -0.1) is 0 Å². The molecule has 196 valence electrons. The third-order valence-corrected chi connectivity index (χ3v) is 6.69. The summed E-state index contributed by atoms with van der Waals surface area (Å²) in [6.07, 6.45) is 3.32. The van der Waals surface area contributed by atoms with Crippen molar-refractivity contribution in [3.05, 3.63) is 71.2 Å². The van der Waals surface area contributed by atoms with Crippen LogP contribution in [0.5, 0.6) is 5.75 Å². The highest BCUT2D eigenvalue weighted by Gasteiger charge is 2.27. The largest absolute Gasteiger partial charge is 0.494 e. The first kappa shape index (κ1) is 26.5. The predicted molar refractivity (Wildman–Crippen MR) is 146 cm³/mol. The lowest BCUT2D eigenvalue weighted by atomic mass is 9.98. The van der Waals surface area contributed by atoms with Gasteiger partial charge in [0.15, 0.2) is 0 Å². The number of hydrogen-bond donors (Lipinski definition) is 1. The van der Waals surface area contributed by atoms with Gasteiger partial charge < -0.3 is 18.8 Å². The molecule has 0 atom stereocenters. The molecule has 0 amide bonds.